The molecule has 0 aliphatic carbocycles. The monoisotopic (exact) mass is 246 g/mol. The highest BCUT2D eigenvalue weighted by molar-refractivity contribution is 7.50. The molecule has 0 aliphatic rings. The summed E-state index contributed by atoms with van der Waals surface area (Å²) < 4.78 is 0. The van der Waals surface area contributed by atoms with E-state index in [1.54, 1.807) is 0 Å². The molecule has 1 aromatic rings. The van der Waals surface area contributed by atoms with E-state index in [4.69, 9.17) is 22.2 Å². The van der Waals surface area contributed by atoms with Crippen molar-refractivity contribution in [2.45, 2.75) is 32.7 Å². The molecule has 0 unspecified atom stereocenters. The van der Waals surface area contributed by atoms with Crippen molar-refractivity contribution in [2.75, 3.05) is 0 Å². The summed E-state index contributed by atoms with van der Waals surface area (Å²) in [5.41, 5.74) is 1.37. The summed E-state index contributed by atoms with van der Waals surface area (Å²) in [4.78, 5) is 0. The zero-order valence-electron chi connectivity index (χ0n) is 8.69. The lowest BCUT2D eigenvalue weighted by Gasteiger charge is -2.14. The van der Waals surface area contributed by atoms with Crippen LogP contribution >= 0.6 is 22.2 Å². The molecule has 1 rings (SSSR count). The third-order valence-corrected chi connectivity index (χ3v) is 7.34. The number of rotatable bonds is 4. The minimum atomic E-state index is -2.15. The molecule has 0 amide bonds. The predicted octanol–water partition coefficient (Wildman–Crippen LogP) is 3.79. The molecule has 0 saturated heterocycles. The van der Waals surface area contributed by atoms with Crippen LogP contribution in [0.2, 0.25) is 6.04 Å². The Morgan fingerprint density at radius 2 is 1.64 bits per heavy atom. The van der Waals surface area contributed by atoms with E-state index >= 15 is 0 Å². The molecule has 0 nitrogen and oxygen atoms in total. The van der Waals surface area contributed by atoms with Gasteiger partial charge in [0, 0.05) is 0 Å². The first-order valence-electron chi connectivity index (χ1n) is 5.07. The molecule has 0 heterocycles. The van der Waals surface area contributed by atoms with Crippen LogP contribution in [0.15, 0.2) is 24.3 Å². The van der Waals surface area contributed by atoms with Crippen LogP contribution < -0.4 is 5.19 Å². The van der Waals surface area contributed by atoms with Gasteiger partial charge < -0.3 is 0 Å². The van der Waals surface area contributed by atoms with Gasteiger partial charge in [-0.15, -0.1) is 22.2 Å². The van der Waals surface area contributed by atoms with Crippen LogP contribution in [0.4, 0.5) is 0 Å². The first kappa shape index (κ1) is 12.1. The van der Waals surface area contributed by atoms with Gasteiger partial charge in [0.2, 0.25) is 0 Å². The second kappa shape index (κ2) is 5.20. The normalized spacial score (nSPS) is 11.7. The third kappa shape index (κ3) is 3.01. The Kier molecular flexibility index (Phi) is 4.49. The van der Waals surface area contributed by atoms with E-state index in [2.05, 4.69) is 31.2 Å². The van der Waals surface area contributed by atoms with Gasteiger partial charge in [0.1, 0.15) is 0 Å². The molecule has 14 heavy (non-hydrogen) atoms. The van der Waals surface area contributed by atoms with Crippen molar-refractivity contribution < 1.29 is 0 Å². The topological polar surface area (TPSA) is 0 Å². The van der Waals surface area contributed by atoms with Crippen LogP contribution in [0.5, 0.6) is 0 Å². The maximum atomic E-state index is 6.28. The van der Waals surface area contributed by atoms with Gasteiger partial charge in [-0.1, -0.05) is 44.5 Å². The fourth-order valence-corrected chi connectivity index (χ4v) is 3.23. The zero-order chi connectivity index (χ0) is 10.6. The van der Waals surface area contributed by atoms with E-state index in [9.17, 15) is 0 Å². The number of aryl methyl sites for hydroxylation is 1. The predicted molar refractivity (Wildman–Crippen MR) is 68.0 cm³/mol. The largest absolute Gasteiger partial charge is 0.280 e. The quantitative estimate of drug-likeness (QED) is 0.561. The molecular formula is C11H16Cl2Si. The van der Waals surface area contributed by atoms with Crippen molar-refractivity contribution >= 4 is 34.0 Å². The van der Waals surface area contributed by atoms with E-state index in [0.29, 0.717) is 0 Å². The Bertz CT molecular complexity index is 280. The molecule has 0 atom stereocenters. The summed E-state index contributed by atoms with van der Waals surface area (Å²) in [6.45, 7) is 2.08. The minimum absolute atomic E-state index is 0.864. The molecule has 3 heteroatoms. The van der Waals surface area contributed by atoms with Crippen LogP contribution in [0.1, 0.15) is 25.8 Å². The summed E-state index contributed by atoms with van der Waals surface area (Å²) in [7, 11) is 0. The second-order valence-electron chi connectivity index (χ2n) is 3.50. The molecule has 0 radical (unpaired) electrons. The maximum absolute atomic E-state index is 6.28. The molecule has 0 N–H and O–H groups in total. The van der Waals surface area contributed by atoms with Crippen molar-refractivity contribution in [2.24, 2.45) is 0 Å². The summed E-state index contributed by atoms with van der Waals surface area (Å²) in [5, 5.41) is 1.13. The van der Waals surface area contributed by atoms with Gasteiger partial charge in [-0.05, 0) is 23.2 Å². The van der Waals surface area contributed by atoms with E-state index < -0.39 is 6.69 Å². The molecule has 78 valence electrons. The van der Waals surface area contributed by atoms with Crippen LogP contribution in [-0.4, -0.2) is 6.69 Å². The lowest BCUT2D eigenvalue weighted by Crippen LogP contribution is -2.35. The van der Waals surface area contributed by atoms with Gasteiger partial charge in [0.05, 0.1) is 0 Å². The fourth-order valence-electron chi connectivity index (χ4n) is 1.41. The zero-order valence-corrected chi connectivity index (χ0v) is 11.2. The van der Waals surface area contributed by atoms with Crippen molar-refractivity contribution in [3.8, 4) is 0 Å². The van der Waals surface area contributed by atoms with Gasteiger partial charge in [0.15, 0.2) is 0 Å². The minimum Gasteiger partial charge on any atom is -0.140 e. The highest BCUT2D eigenvalue weighted by Gasteiger charge is 2.27. The molecular weight excluding hydrogens is 231 g/mol. The lowest BCUT2D eigenvalue weighted by atomic mass is 10.1. The van der Waals surface area contributed by atoms with Crippen molar-refractivity contribution in [3.05, 3.63) is 29.8 Å². The number of benzene rings is 1. The van der Waals surface area contributed by atoms with Crippen LogP contribution in [0, 0.1) is 0 Å². The maximum Gasteiger partial charge on any atom is 0.280 e. The van der Waals surface area contributed by atoms with Gasteiger partial charge in [-0.3, -0.25) is 0 Å². The second-order valence-corrected chi connectivity index (χ2v) is 10.7. The molecule has 1 aromatic carbocycles. The molecule has 0 bridgehead atoms. The summed E-state index contributed by atoms with van der Waals surface area (Å²) >= 11 is 12.6. The van der Waals surface area contributed by atoms with Crippen molar-refractivity contribution in [1.29, 1.82) is 0 Å². The van der Waals surface area contributed by atoms with Crippen molar-refractivity contribution in [1.82, 2.24) is 0 Å². The SMILES string of the molecule is CCCc1ccc([Si](Cl)(Cl)CC)cc1. The number of halogens is 2. The van der Waals surface area contributed by atoms with Gasteiger partial charge in [0.25, 0.3) is 6.69 Å². The van der Waals surface area contributed by atoms with E-state index in [-0.39, 0.29) is 0 Å². The first-order chi connectivity index (χ1) is 6.60. The highest BCUT2D eigenvalue weighted by Crippen LogP contribution is 2.19. The highest BCUT2D eigenvalue weighted by atomic mass is 35.7. The molecule has 0 fully saturated rings. The Morgan fingerprint density at radius 3 is 2.07 bits per heavy atom. The van der Waals surface area contributed by atoms with E-state index in [1.165, 1.54) is 12.0 Å². The first-order valence-corrected chi connectivity index (χ1v) is 9.30. The van der Waals surface area contributed by atoms with Crippen molar-refractivity contribution in [3.63, 3.8) is 0 Å². The Morgan fingerprint density at radius 1 is 1.07 bits per heavy atom. The number of hydrogen-bond acceptors (Lipinski definition) is 0. The van der Waals surface area contributed by atoms with Crippen LogP contribution in [0.3, 0.4) is 0 Å². The lowest BCUT2D eigenvalue weighted by molar-refractivity contribution is 0.922. The molecule has 0 spiro atoms. The summed E-state index contributed by atoms with van der Waals surface area (Å²) in [6, 6.07) is 9.31. The average molecular weight is 247 g/mol. The van der Waals surface area contributed by atoms with E-state index in [1.807, 2.05) is 6.92 Å². The Hall–Kier alpha value is 0.0169. The number of hydrogen-bond donors (Lipinski definition) is 0. The molecule has 0 aliphatic heterocycles. The van der Waals surface area contributed by atoms with Gasteiger partial charge in [-0.2, -0.15) is 0 Å². The Labute approximate surface area is 96.7 Å². The molecule has 0 aromatic heterocycles. The standard InChI is InChI=1S/C11H16Cl2Si/c1-3-5-10-6-8-11(9-7-10)14(12,13)4-2/h6-9H,3-5H2,1-2H3. The third-order valence-electron chi connectivity index (χ3n) is 2.36. The molecule has 0 saturated carbocycles. The van der Waals surface area contributed by atoms with Gasteiger partial charge >= 0.3 is 0 Å². The van der Waals surface area contributed by atoms with Crippen LogP contribution in [0.25, 0.3) is 0 Å². The van der Waals surface area contributed by atoms with Gasteiger partial charge in [-0.25, -0.2) is 0 Å². The summed E-state index contributed by atoms with van der Waals surface area (Å²) in [6.07, 6.45) is 2.31. The average Bonchev–Trinajstić information content (AvgIpc) is 2.19. The summed E-state index contributed by atoms with van der Waals surface area (Å²) in [5.74, 6) is 0. The fraction of sp³-hybridized carbons (Fsp3) is 0.455. The smallest absolute Gasteiger partial charge is 0.140 e. The van der Waals surface area contributed by atoms with E-state index in [0.717, 1.165) is 17.7 Å². The van der Waals surface area contributed by atoms with Crippen LogP contribution in [-0.2, 0) is 6.42 Å². The Balaban J connectivity index is 2.82.